The number of rotatable bonds is 8. The van der Waals surface area contributed by atoms with Crippen molar-refractivity contribution in [3.05, 3.63) is 0 Å². The van der Waals surface area contributed by atoms with Crippen LogP contribution in [-0.2, 0) is 0 Å². The van der Waals surface area contributed by atoms with E-state index in [0.717, 1.165) is 11.8 Å². The van der Waals surface area contributed by atoms with E-state index in [9.17, 15) is 0 Å². The minimum Gasteiger partial charge on any atom is -0.317 e. The van der Waals surface area contributed by atoms with E-state index in [1.54, 1.807) is 0 Å². The SMILES string of the molecule is CC(C)CCCCNCCC1CCCCC1. The van der Waals surface area contributed by atoms with Crippen LogP contribution in [0.2, 0.25) is 0 Å². The van der Waals surface area contributed by atoms with Gasteiger partial charge in [-0.2, -0.15) is 0 Å². The molecule has 0 aromatic heterocycles. The van der Waals surface area contributed by atoms with Gasteiger partial charge in [0.15, 0.2) is 0 Å². The van der Waals surface area contributed by atoms with Crippen LogP contribution in [0.5, 0.6) is 0 Å². The normalized spacial score (nSPS) is 18.2. The Hall–Kier alpha value is -0.0400. The molecule has 0 radical (unpaired) electrons. The Kier molecular flexibility index (Phi) is 7.92. The molecule has 1 rings (SSSR count). The lowest BCUT2D eigenvalue weighted by molar-refractivity contribution is 0.333. The summed E-state index contributed by atoms with van der Waals surface area (Å²) in [6, 6.07) is 0. The molecule has 16 heavy (non-hydrogen) atoms. The van der Waals surface area contributed by atoms with E-state index < -0.39 is 0 Å². The van der Waals surface area contributed by atoms with Crippen molar-refractivity contribution < 1.29 is 0 Å². The summed E-state index contributed by atoms with van der Waals surface area (Å²) in [7, 11) is 0. The highest BCUT2D eigenvalue weighted by Gasteiger charge is 2.12. The minimum atomic E-state index is 0.877. The predicted molar refractivity (Wildman–Crippen MR) is 72.8 cm³/mol. The van der Waals surface area contributed by atoms with Crippen molar-refractivity contribution in [3.8, 4) is 0 Å². The first-order chi connectivity index (χ1) is 7.79. The van der Waals surface area contributed by atoms with Crippen molar-refractivity contribution in [1.82, 2.24) is 5.32 Å². The molecule has 0 spiro atoms. The summed E-state index contributed by atoms with van der Waals surface area (Å²) in [5.41, 5.74) is 0. The molecule has 1 heteroatoms. The Labute approximate surface area is 102 Å². The summed E-state index contributed by atoms with van der Waals surface area (Å²) in [5, 5.41) is 3.61. The van der Waals surface area contributed by atoms with Crippen molar-refractivity contribution >= 4 is 0 Å². The van der Waals surface area contributed by atoms with Crippen molar-refractivity contribution in [2.24, 2.45) is 11.8 Å². The molecule has 0 aromatic rings. The molecule has 0 heterocycles. The van der Waals surface area contributed by atoms with Crippen molar-refractivity contribution in [1.29, 1.82) is 0 Å². The summed E-state index contributed by atoms with van der Waals surface area (Å²) >= 11 is 0. The predicted octanol–water partition coefficient (Wildman–Crippen LogP) is 4.37. The van der Waals surface area contributed by atoms with Gasteiger partial charge < -0.3 is 5.32 Å². The van der Waals surface area contributed by atoms with Crippen molar-refractivity contribution in [2.75, 3.05) is 13.1 Å². The molecule has 1 nitrogen and oxygen atoms in total. The lowest BCUT2D eigenvalue weighted by Crippen LogP contribution is -2.20. The minimum absolute atomic E-state index is 0.877. The molecule has 1 aliphatic rings. The van der Waals surface area contributed by atoms with Crippen LogP contribution in [0.4, 0.5) is 0 Å². The number of unbranched alkanes of at least 4 members (excludes halogenated alkanes) is 1. The largest absolute Gasteiger partial charge is 0.317 e. The summed E-state index contributed by atoms with van der Waals surface area (Å²) in [5.74, 6) is 1.92. The summed E-state index contributed by atoms with van der Waals surface area (Å²) < 4.78 is 0. The highest BCUT2D eigenvalue weighted by atomic mass is 14.8. The second-order valence-electron chi connectivity index (χ2n) is 5.93. The molecule has 0 amide bonds. The molecule has 0 unspecified atom stereocenters. The summed E-state index contributed by atoms with van der Waals surface area (Å²) in [6.07, 6.45) is 13.0. The second kappa shape index (κ2) is 9.04. The zero-order chi connectivity index (χ0) is 11.6. The van der Waals surface area contributed by atoms with Crippen LogP contribution in [0, 0.1) is 11.8 Å². The first kappa shape index (κ1) is 14.0. The summed E-state index contributed by atoms with van der Waals surface area (Å²) in [4.78, 5) is 0. The first-order valence-electron chi connectivity index (χ1n) is 7.49. The third-order valence-electron chi connectivity index (χ3n) is 3.84. The van der Waals surface area contributed by atoms with Gasteiger partial charge in [-0.05, 0) is 37.8 Å². The molecule has 1 aliphatic carbocycles. The second-order valence-corrected chi connectivity index (χ2v) is 5.93. The van der Waals surface area contributed by atoms with Gasteiger partial charge in [-0.1, -0.05) is 58.8 Å². The van der Waals surface area contributed by atoms with Gasteiger partial charge in [0.05, 0.1) is 0 Å². The lowest BCUT2D eigenvalue weighted by Gasteiger charge is -2.21. The van der Waals surface area contributed by atoms with Crippen LogP contribution in [0.3, 0.4) is 0 Å². The zero-order valence-electron chi connectivity index (χ0n) is 11.4. The van der Waals surface area contributed by atoms with Crippen LogP contribution in [0.15, 0.2) is 0 Å². The number of nitrogens with one attached hydrogen (secondary N) is 1. The van der Waals surface area contributed by atoms with Gasteiger partial charge in [0.25, 0.3) is 0 Å². The molecule has 0 aliphatic heterocycles. The highest BCUT2D eigenvalue weighted by molar-refractivity contribution is 4.66. The van der Waals surface area contributed by atoms with E-state index >= 15 is 0 Å². The van der Waals surface area contributed by atoms with E-state index in [4.69, 9.17) is 0 Å². The molecule has 0 atom stereocenters. The Morgan fingerprint density at radius 2 is 1.75 bits per heavy atom. The van der Waals surface area contributed by atoms with Gasteiger partial charge >= 0.3 is 0 Å². The van der Waals surface area contributed by atoms with Gasteiger partial charge in [-0.25, -0.2) is 0 Å². The summed E-state index contributed by atoms with van der Waals surface area (Å²) in [6.45, 7) is 7.12. The van der Waals surface area contributed by atoms with Crippen LogP contribution >= 0.6 is 0 Å². The fraction of sp³-hybridized carbons (Fsp3) is 1.00. The van der Waals surface area contributed by atoms with E-state index in [1.807, 2.05) is 0 Å². The topological polar surface area (TPSA) is 12.0 Å². The molecule has 0 saturated heterocycles. The molecule has 0 aromatic carbocycles. The van der Waals surface area contributed by atoms with Crippen molar-refractivity contribution in [2.45, 2.75) is 71.6 Å². The quantitative estimate of drug-likeness (QED) is 0.605. The third kappa shape index (κ3) is 7.27. The van der Waals surface area contributed by atoms with E-state index in [1.165, 1.54) is 70.9 Å². The van der Waals surface area contributed by atoms with Gasteiger partial charge in [0, 0.05) is 0 Å². The van der Waals surface area contributed by atoms with Crippen LogP contribution < -0.4 is 5.32 Å². The van der Waals surface area contributed by atoms with E-state index in [-0.39, 0.29) is 0 Å². The van der Waals surface area contributed by atoms with E-state index in [2.05, 4.69) is 19.2 Å². The van der Waals surface area contributed by atoms with E-state index in [0.29, 0.717) is 0 Å². The molecular weight excluding hydrogens is 194 g/mol. The maximum Gasteiger partial charge on any atom is -0.00463 e. The van der Waals surface area contributed by atoms with Gasteiger partial charge in [0.1, 0.15) is 0 Å². The molecule has 1 N–H and O–H groups in total. The smallest absolute Gasteiger partial charge is 0.00463 e. The first-order valence-corrected chi connectivity index (χ1v) is 7.49. The average Bonchev–Trinajstić information content (AvgIpc) is 2.29. The fourth-order valence-electron chi connectivity index (χ4n) is 2.71. The van der Waals surface area contributed by atoms with Crippen LogP contribution in [0.1, 0.15) is 71.6 Å². The fourth-order valence-corrected chi connectivity index (χ4v) is 2.71. The lowest BCUT2D eigenvalue weighted by atomic mass is 9.87. The molecule has 96 valence electrons. The molecule has 1 saturated carbocycles. The number of hydrogen-bond acceptors (Lipinski definition) is 1. The molecular formula is C15H31N. The Morgan fingerprint density at radius 3 is 2.44 bits per heavy atom. The van der Waals surface area contributed by atoms with Gasteiger partial charge in [-0.15, -0.1) is 0 Å². The monoisotopic (exact) mass is 225 g/mol. The highest BCUT2D eigenvalue weighted by Crippen LogP contribution is 2.25. The number of hydrogen-bond donors (Lipinski definition) is 1. The Balaban J connectivity index is 1.80. The Morgan fingerprint density at radius 1 is 1.00 bits per heavy atom. The van der Waals surface area contributed by atoms with Crippen LogP contribution in [-0.4, -0.2) is 13.1 Å². The van der Waals surface area contributed by atoms with Crippen LogP contribution in [0.25, 0.3) is 0 Å². The third-order valence-corrected chi connectivity index (χ3v) is 3.84. The molecule has 0 bridgehead atoms. The van der Waals surface area contributed by atoms with Gasteiger partial charge in [0.2, 0.25) is 0 Å². The Bertz CT molecular complexity index is 148. The maximum atomic E-state index is 3.61. The molecule has 1 fully saturated rings. The van der Waals surface area contributed by atoms with Crippen molar-refractivity contribution in [3.63, 3.8) is 0 Å². The maximum absolute atomic E-state index is 3.61. The van der Waals surface area contributed by atoms with Gasteiger partial charge in [-0.3, -0.25) is 0 Å². The average molecular weight is 225 g/mol. The zero-order valence-corrected chi connectivity index (χ0v) is 11.4. The standard InChI is InChI=1S/C15H31N/c1-14(2)8-6-7-12-16-13-11-15-9-4-3-5-10-15/h14-16H,3-13H2,1-2H3.